The molecule has 0 N–H and O–H groups in total. The standard InChI is InChI=1S/C36H32N2O/c1-21(2)25-13-10-14-26(22(3)4)33(25)38-32-16-9-8-15-31(32)37-36(38)27-19-20-29-30-18-17-24-11-6-7-12-28(24)35(30)39-34(29)23(27)5/h6-22H,1-5H3. The molecular formula is C36H32N2O. The Morgan fingerprint density at radius 3 is 2.08 bits per heavy atom. The summed E-state index contributed by atoms with van der Waals surface area (Å²) < 4.78 is 9.06. The van der Waals surface area contributed by atoms with Crippen LogP contribution in [0.1, 0.15) is 56.2 Å². The zero-order chi connectivity index (χ0) is 26.8. The minimum absolute atomic E-state index is 0.375. The van der Waals surface area contributed by atoms with Gasteiger partial charge in [0.25, 0.3) is 0 Å². The fourth-order valence-electron chi connectivity index (χ4n) is 6.15. The highest BCUT2D eigenvalue weighted by Crippen LogP contribution is 2.41. The zero-order valence-electron chi connectivity index (χ0n) is 23.1. The molecule has 0 aliphatic rings. The summed E-state index contributed by atoms with van der Waals surface area (Å²) in [4.78, 5) is 5.25. The zero-order valence-corrected chi connectivity index (χ0v) is 23.1. The van der Waals surface area contributed by atoms with Crippen LogP contribution in [0.2, 0.25) is 0 Å². The van der Waals surface area contributed by atoms with Gasteiger partial charge in [-0.1, -0.05) is 94.4 Å². The first kappa shape index (κ1) is 23.7. The van der Waals surface area contributed by atoms with Gasteiger partial charge in [-0.25, -0.2) is 4.98 Å². The number of aromatic nitrogens is 2. The lowest BCUT2D eigenvalue weighted by Crippen LogP contribution is -2.08. The molecule has 7 aromatic rings. The number of imidazole rings is 1. The number of nitrogens with zero attached hydrogens (tertiary/aromatic N) is 2. The van der Waals surface area contributed by atoms with Crippen LogP contribution >= 0.6 is 0 Å². The van der Waals surface area contributed by atoms with E-state index in [0.29, 0.717) is 11.8 Å². The van der Waals surface area contributed by atoms with Crippen LogP contribution in [0.3, 0.4) is 0 Å². The molecule has 0 amide bonds. The van der Waals surface area contributed by atoms with E-state index in [9.17, 15) is 0 Å². The topological polar surface area (TPSA) is 31.0 Å². The van der Waals surface area contributed by atoms with E-state index in [0.717, 1.165) is 55.3 Å². The van der Waals surface area contributed by atoms with E-state index in [-0.39, 0.29) is 0 Å². The first-order chi connectivity index (χ1) is 18.9. The Morgan fingerprint density at radius 1 is 0.641 bits per heavy atom. The number of hydrogen-bond donors (Lipinski definition) is 0. The Balaban J connectivity index is 1.57. The van der Waals surface area contributed by atoms with Crippen molar-refractivity contribution in [2.24, 2.45) is 0 Å². The van der Waals surface area contributed by atoms with Crippen molar-refractivity contribution in [3.8, 4) is 17.1 Å². The molecule has 0 atom stereocenters. The van der Waals surface area contributed by atoms with Gasteiger partial charge in [0.1, 0.15) is 17.0 Å². The molecule has 2 heterocycles. The lowest BCUT2D eigenvalue weighted by Gasteiger charge is -2.23. The SMILES string of the molecule is Cc1c(-c2nc3ccccc3n2-c2c(C(C)C)cccc2C(C)C)ccc2c1oc1c3ccccc3ccc21. The summed E-state index contributed by atoms with van der Waals surface area (Å²) >= 11 is 0. The number of hydrogen-bond acceptors (Lipinski definition) is 2. The van der Waals surface area contributed by atoms with Crippen molar-refractivity contribution < 1.29 is 4.42 Å². The Bertz CT molecular complexity index is 2010. The van der Waals surface area contributed by atoms with Gasteiger partial charge in [0.15, 0.2) is 0 Å². The fourth-order valence-corrected chi connectivity index (χ4v) is 6.15. The van der Waals surface area contributed by atoms with Gasteiger partial charge in [0.2, 0.25) is 0 Å². The summed E-state index contributed by atoms with van der Waals surface area (Å²) in [6.45, 7) is 11.3. The van der Waals surface area contributed by atoms with E-state index in [2.05, 4.69) is 130 Å². The van der Waals surface area contributed by atoms with Crippen LogP contribution in [-0.4, -0.2) is 9.55 Å². The third-order valence-electron chi connectivity index (χ3n) is 8.15. The first-order valence-electron chi connectivity index (χ1n) is 13.9. The highest BCUT2D eigenvalue weighted by Gasteiger charge is 2.24. The number of furan rings is 1. The second-order valence-electron chi connectivity index (χ2n) is 11.2. The number of para-hydroxylation sites is 3. The van der Waals surface area contributed by atoms with Crippen LogP contribution < -0.4 is 0 Å². The summed E-state index contributed by atoms with van der Waals surface area (Å²) in [5.41, 5.74) is 10.1. The van der Waals surface area contributed by atoms with Crippen LogP contribution in [-0.2, 0) is 0 Å². The number of fused-ring (bicyclic) bond motifs is 6. The molecule has 0 aliphatic carbocycles. The Labute approximate surface area is 228 Å². The molecule has 192 valence electrons. The minimum Gasteiger partial charge on any atom is -0.455 e. The first-order valence-corrected chi connectivity index (χ1v) is 13.9. The summed E-state index contributed by atoms with van der Waals surface area (Å²) in [6.07, 6.45) is 0. The van der Waals surface area contributed by atoms with Crippen LogP contribution in [0, 0.1) is 6.92 Å². The molecule has 2 aromatic heterocycles. The van der Waals surface area contributed by atoms with Crippen LogP contribution in [0.5, 0.6) is 0 Å². The maximum atomic E-state index is 6.67. The van der Waals surface area contributed by atoms with E-state index in [4.69, 9.17) is 9.40 Å². The summed E-state index contributed by atoms with van der Waals surface area (Å²) in [7, 11) is 0. The maximum Gasteiger partial charge on any atom is 0.146 e. The number of rotatable bonds is 4. The van der Waals surface area contributed by atoms with Gasteiger partial charge < -0.3 is 4.42 Å². The molecule has 0 bridgehead atoms. The van der Waals surface area contributed by atoms with Crippen molar-refractivity contribution in [1.82, 2.24) is 9.55 Å². The molecule has 0 fully saturated rings. The molecule has 0 saturated heterocycles. The second-order valence-corrected chi connectivity index (χ2v) is 11.2. The highest BCUT2D eigenvalue weighted by molar-refractivity contribution is 6.16. The van der Waals surface area contributed by atoms with Crippen LogP contribution in [0.15, 0.2) is 95.4 Å². The summed E-state index contributed by atoms with van der Waals surface area (Å²) in [6, 6.07) is 32.5. The highest BCUT2D eigenvalue weighted by atomic mass is 16.3. The van der Waals surface area contributed by atoms with Crippen molar-refractivity contribution in [2.45, 2.75) is 46.5 Å². The molecule has 0 spiro atoms. The van der Waals surface area contributed by atoms with E-state index in [1.54, 1.807) is 0 Å². The molecule has 3 nitrogen and oxygen atoms in total. The second kappa shape index (κ2) is 8.84. The average Bonchev–Trinajstić information content (AvgIpc) is 3.52. The Kier molecular flexibility index (Phi) is 5.38. The van der Waals surface area contributed by atoms with Crippen molar-refractivity contribution in [3.63, 3.8) is 0 Å². The maximum absolute atomic E-state index is 6.67. The van der Waals surface area contributed by atoms with Gasteiger partial charge >= 0.3 is 0 Å². The Morgan fingerprint density at radius 2 is 1.31 bits per heavy atom. The average molecular weight is 509 g/mol. The molecule has 0 radical (unpaired) electrons. The van der Waals surface area contributed by atoms with Gasteiger partial charge in [0.05, 0.1) is 16.7 Å². The summed E-state index contributed by atoms with van der Waals surface area (Å²) in [5, 5.41) is 4.63. The largest absolute Gasteiger partial charge is 0.455 e. The summed E-state index contributed by atoms with van der Waals surface area (Å²) in [5.74, 6) is 1.70. The van der Waals surface area contributed by atoms with E-state index < -0.39 is 0 Å². The molecule has 0 unspecified atom stereocenters. The number of aryl methyl sites for hydroxylation is 1. The molecule has 39 heavy (non-hydrogen) atoms. The van der Waals surface area contributed by atoms with Gasteiger partial charge in [0, 0.05) is 27.3 Å². The predicted molar refractivity (Wildman–Crippen MR) is 164 cm³/mol. The molecule has 5 aromatic carbocycles. The van der Waals surface area contributed by atoms with Gasteiger partial charge in [-0.2, -0.15) is 0 Å². The van der Waals surface area contributed by atoms with Crippen molar-refractivity contribution in [2.75, 3.05) is 0 Å². The molecule has 0 aliphatic heterocycles. The van der Waals surface area contributed by atoms with Crippen LogP contribution in [0.25, 0.3) is 60.8 Å². The quantitative estimate of drug-likeness (QED) is 0.237. The molecular weight excluding hydrogens is 476 g/mol. The normalized spacial score (nSPS) is 12.2. The van der Waals surface area contributed by atoms with Crippen molar-refractivity contribution >= 4 is 43.7 Å². The number of benzene rings is 5. The van der Waals surface area contributed by atoms with E-state index in [1.807, 2.05) is 0 Å². The minimum atomic E-state index is 0.375. The van der Waals surface area contributed by atoms with Crippen LogP contribution in [0.4, 0.5) is 0 Å². The van der Waals surface area contributed by atoms with Gasteiger partial charge in [-0.15, -0.1) is 0 Å². The lowest BCUT2D eigenvalue weighted by molar-refractivity contribution is 0.669. The lowest BCUT2D eigenvalue weighted by atomic mass is 9.92. The molecule has 7 rings (SSSR count). The smallest absolute Gasteiger partial charge is 0.146 e. The molecule has 3 heteroatoms. The molecule has 0 saturated carbocycles. The fraction of sp³-hybridized carbons (Fsp3) is 0.194. The third kappa shape index (κ3) is 3.53. The van der Waals surface area contributed by atoms with Gasteiger partial charge in [-0.05, 0) is 59.5 Å². The third-order valence-corrected chi connectivity index (χ3v) is 8.15. The monoisotopic (exact) mass is 508 g/mol. The van der Waals surface area contributed by atoms with E-state index in [1.165, 1.54) is 22.2 Å². The predicted octanol–water partition coefficient (Wildman–Crippen LogP) is 10.3. The Hall–Kier alpha value is -4.37. The van der Waals surface area contributed by atoms with E-state index >= 15 is 0 Å². The van der Waals surface area contributed by atoms with Gasteiger partial charge in [-0.3, -0.25) is 4.57 Å². The van der Waals surface area contributed by atoms with Crippen molar-refractivity contribution in [1.29, 1.82) is 0 Å². The van der Waals surface area contributed by atoms with Crippen molar-refractivity contribution in [3.05, 3.63) is 108 Å².